The maximum absolute atomic E-state index is 13.5. The molecule has 1 aliphatic rings. The third-order valence-corrected chi connectivity index (χ3v) is 5.35. The van der Waals surface area contributed by atoms with Crippen LogP contribution in [0.25, 0.3) is 22.3 Å². The van der Waals surface area contributed by atoms with Crippen molar-refractivity contribution in [1.29, 1.82) is 0 Å². The second-order valence-corrected chi connectivity index (χ2v) is 7.45. The van der Waals surface area contributed by atoms with Crippen molar-refractivity contribution in [2.45, 2.75) is 33.1 Å². The molecule has 3 nitrogen and oxygen atoms in total. The van der Waals surface area contributed by atoms with Gasteiger partial charge in [-0.1, -0.05) is 37.3 Å². The van der Waals surface area contributed by atoms with Crippen LogP contribution in [0.1, 0.15) is 37.3 Å². The highest BCUT2D eigenvalue weighted by atomic mass is 19.3. The minimum absolute atomic E-state index is 0.0253. The van der Waals surface area contributed by atoms with E-state index in [2.05, 4.69) is 22.9 Å². The summed E-state index contributed by atoms with van der Waals surface area (Å²) in [4.78, 5) is 11.7. The summed E-state index contributed by atoms with van der Waals surface area (Å²) in [6.45, 7) is 6.13. The molecule has 1 fully saturated rings. The van der Waals surface area contributed by atoms with Crippen molar-refractivity contribution >= 4 is 16.7 Å². The quantitative estimate of drug-likeness (QED) is 0.588. The Bertz CT molecular complexity index is 963. The van der Waals surface area contributed by atoms with Gasteiger partial charge >= 0.3 is 0 Å². The zero-order valence-corrected chi connectivity index (χ0v) is 15.6. The van der Waals surface area contributed by atoms with Crippen molar-refractivity contribution in [3.05, 3.63) is 53.6 Å². The molecule has 0 radical (unpaired) electrons. The van der Waals surface area contributed by atoms with Crippen molar-refractivity contribution in [3.8, 4) is 11.4 Å². The summed E-state index contributed by atoms with van der Waals surface area (Å²) in [6, 6.07) is 12.6. The zero-order valence-electron chi connectivity index (χ0n) is 15.6. The molecule has 2 heterocycles. The Labute approximate surface area is 158 Å². The fraction of sp³-hybridized carbons (Fsp3) is 0.364. The molecule has 3 aromatic rings. The second kappa shape index (κ2) is 7.22. The molecule has 0 N–H and O–H groups in total. The van der Waals surface area contributed by atoms with Crippen LogP contribution in [0.5, 0.6) is 0 Å². The number of rotatable bonds is 3. The maximum atomic E-state index is 13.5. The third kappa shape index (κ3) is 3.51. The summed E-state index contributed by atoms with van der Waals surface area (Å²) in [5.41, 5.74) is 2.27. The number of piperidine rings is 1. The van der Waals surface area contributed by atoms with Gasteiger partial charge in [0.15, 0.2) is 5.82 Å². The monoisotopic (exact) mass is 367 g/mol. The molecular weight excluding hydrogens is 344 g/mol. The Balaban J connectivity index is 1.90. The van der Waals surface area contributed by atoms with E-state index in [0.29, 0.717) is 17.3 Å². The van der Waals surface area contributed by atoms with E-state index in [1.165, 1.54) is 6.07 Å². The molecule has 0 unspecified atom stereocenters. The average Bonchev–Trinajstić information content (AvgIpc) is 2.67. The Kier molecular flexibility index (Phi) is 4.77. The topological polar surface area (TPSA) is 29.0 Å². The average molecular weight is 367 g/mol. The summed E-state index contributed by atoms with van der Waals surface area (Å²) in [5.74, 6) is 1.93. The number of alkyl halides is 2. The van der Waals surface area contributed by atoms with Crippen LogP contribution in [0.4, 0.5) is 14.6 Å². The van der Waals surface area contributed by atoms with Gasteiger partial charge in [-0.05, 0) is 43.4 Å². The number of aromatic nitrogens is 2. The van der Waals surface area contributed by atoms with E-state index in [-0.39, 0.29) is 5.56 Å². The highest BCUT2D eigenvalue weighted by Gasteiger charge is 2.22. The molecule has 0 saturated carbocycles. The fourth-order valence-corrected chi connectivity index (χ4v) is 3.70. The van der Waals surface area contributed by atoms with E-state index < -0.39 is 6.43 Å². The Morgan fingerprint density at radius 1 is 1.04 bits per heavy atom. The van der Waals surface area contributed by atoms with Gasteiger partial charge in [-0.15, -0.1) is 0 Å². The van der Waals surface area contributed by atoms with Gasteiger partial charge in [0, 0.05) is 29.6 Å². The zero-order chi connectivity index (χ0) is 19.0. The van der Waals surface area contributed by atoms with Gasteiger partial charge in [0.05, 0.1) is 5.52 Å². The highest BCUT2D eigenvalue weighted by Crippen LogP contribution is 2.34. The molecule has 0 amide bonds. The summed E-state index contributed by atoms with van der Waals surface area (Å²) in [7, 11) is 0. The first-order valence-electron chi connectivity index (χ1n) is 9.43. The van der Waals surface area contributed by atoms with Gasteiger partial charge in [0.2, 0.25) is 0 Å². The lowest BCUT2D eigenvalue weighted by atomic mass is 9.99. The lowest BCUT2D eigenvalue weighted by Crippen LogP contribution is -2.33. The van der Waals surface area contributed by atoms with Crippen LogP contribution in [0, 0.1) is 12.8 Å². The second-order valence-electron chi connectivity index (χ2n) is 7.45. The van der Waals surface area contributed by atoms with E-state index in [4.69, 9.17) is 4.98 Å². The lowest BCUT2D eigenvalue weighted by molar-refractivity contribution is 0.152. The molecule has 1 aliphatic heterocycles. The van der Waals surface area contributed by atoms with E-state index in [9.17, 15) is 8.78 Å². The number of hydrogen-bond donors (Lipinski definition) is 0. The van der Waals surface area contributed by atoms with Crippen LogP contribution >= 0.6 is 0 Å². The standard InChI is InChI=1S/C22H23F2N3/c1-14-9-11-27(12-10-14)22-18-8-7-15(2)13-19(18)25-21(26-22)17-6-4-3-5-16(17)20(23)24/h3-8,13-14,20H,9-12H2,1-2H3. The maximum Gasteiger partial charge on any atom is 0.264 e. The van der Waals surface area contributed by atoms with Crippen molar-refractivity contribution in [2.24, 2.45) is 5.92 Å². The molecule has 27 heavy (non-hydrogen) atoms. The minimum atomic E-state index is -2.56. The normalized spacial score (nSPS) is 15.7. The lowest BCUT2D eigenvalue weighted by Gasteiger charge is -2.32. The number of hydrogen-bond acceptors (Lipinski definition) is 3. The largest absolute Gasteiger partial charge is 0.356 e. The van der Waals surface area contributed by atoms with Crippen molar-refractivity contribution < 1.29 is 8.78 Å². The first-order valence-corrected chi connectivity index (χ1v) is 9.43. The smallest absolute Gasteiger partial charge is 0.264 e. The number of aryl methyl sites for hydroxylation is 1. The molecule has 0 spiro atoms. The molecule has 140 valence electrons. The Morgan fingerprint density at radius 3 is 2.52 bits per heavy atom. The van der Waals surface area contributed by atoms with Crippen molar-refractivity contribution in [3.63, 3.8) is 0 Å². The molecule has 0 bridgehead atoms. The molecule has 4 rings (SSSR count). The van der Waals surface area contributed by atoms with Gasteiger partial charge in [-0.25, -0.2) is 18.7 Å². The summed E-state index contributed by atoms with van der Waals surface area (Å²) in [6.07, 6.45) is -0.335. The molecule has 1 saturated heterocycles. The van der Waals surface area contributed by atoms with Gasteiger partial charge in [0.1, 0.15) is 5.82 Å². The predicted molar refractivity (Wildman–Crippen MR) is 105 cm³/mol. The fourth-order valence-electron chi connectivity index (χ4n) is 3.70. The third-order valence-electron chi connectivity index (χ3n) is 5.35. The number of fused-ring (bicyclic) bond motifs is 1. The van der Waals surface area contributed by atoms with E-state index in [1.54, 1.807) is 18.2 Å². The van der Waals surface area contributed by atoms with Crippen LogP contribution in [-0.2, 0) is 0 Å². The van der Waals surface area contributed by atoms with Crippen LogP contribution in [-0.4, -0.2) is 23.1 Å². The summed E-state index contributed by atoms with van der Waals surface area (Å²) < 4.78 is 27.0. The number of nitrogens with zero attached hydrogens (tertiary/aromatic N) is 3. The molecule has 0 aliphatic carbocycles. The molecular formula is C22H23F2N3. The Morgan fingerprint density at radius 2 is 1.78 bits per heavy atom. The number of anilines is 1. The SMILES string of the molecule is Cc1ccc2c(N3CCC(C)CC3)nc(-c3ccccc3C(F)F)nc2c1. The van der Waals surface area contributed by atoms with Crippen LogP contribution in [0.3, 0.4) is 0 Å². The van der Waals surface area contributed by atoms with E-state index in [1.807, 2.05) is 19.1 Å². The van der Waals surface area contributed by atoms with Crippen molar-refractivity contribution in [2.75, 3.05) is 18.0 Å². The summed E-state index contributed by atoms with van der Waals surface area (Å²) in [5, 5.41) is 0.980. The van der Waals surface area contributed by atoms with Gasteiger partial charge in [0.25, 0.3) is 6.43 Å². The first kappa shape index (κ1) is 17.8. The number of benzene rings is 2. The minimum Gasteiger partial charge on any atom is -0.356 e. The van der Waals surface area contributed by atoms with E-state index >= 15 is 0 Å². The number of halogens is 2. The molecule has 0 atom stereocenters. The van der Waals surface area contributed by atoms with Crippen LogP contribution in [0.2, 0.25) is 0 Å². The Hall–Kier alpha value is -2.56. The highest BCUT2D eigenvalue weighted by molar-refractivity contribution is 5.91. The predicted octanol–water partition coefficient (Wildman–Crippen LogP) is 5.78. The van der Waals surface area contributed by atoms with Gasteiger partial charge in [-0.3, -0.25) is 0 Å². The van der Waals surface area contributed by atoms with Crippen molar-refractivity contribution in [1.82, 2.24) is 9.97 Å². The first-order chi connectivity index (χ1) is 13.0. The summed E-state index contributed by atoms with van der Waals surface area (Å²) >= 11 is 0. The molecule has 2 aromatic carbocycles. The van der Waals surface area contributed by atoms with Gasteiger partial charge in [-0.2, -0.15) is 0 Å². The van der Waals surface area contributed by atoms with Crippen LogP contribution in [0.15, 0.2) is 42.5 Å². The van der Waals surface area contributed by atoms with E-state index in [0.717, 1.165) is 48.2 Å². The molecule has 5 heteroatoms. The van der Waals surface area contributed by atoms with Crippen LogP contribution < -0.4 is 4.90 Å². The molecule has 1 aromatic heterocycles. The van der Waals surface area contributed by atoms with Gasteiger partial charge < -0.3 is 4.90 Å².